The van der Waals surface area contributed by atoms with Crippen LogP contribution < -0.4 is 10.6 Å². The van der Waals surface area contributed by atoms with Gasteiger partial charge in [0.2, 0.25) is 0 Å². The summed E-state index contributed by atoms with van der Waals surface area (Å²) in [5.41, 5.74) is 6.68. The minimum Gasteiger partial charge on any atom is -0.387 e. The summed E-state index contributed by atoms with van der Waals surface area (Å²) >= 11 is 5.93. The molecule has 0 aromatic heterocycles. The number of anilines is 1. The van der Waals surface area contributed by atoms with Crippen LogP contribution >= 0.6 is 11.6 Å². The van der Waals surface area contributed by atoms with E-state index in [4.69, 9.17) is 22.7 Å². The molecule has 0 aliphatic carbocycles. The molecule has 0 spiro atoms. The standard InChI is InChI=1S/C16H25ClN4/c1-16(2,15(18)19)7-8-20-9-11-21(12-10-20)14-5-3-13(17)4-6-14/h3-6H,7-12H2,1-2H3,(H3,18,19). The molecule has 1 aliphatic heterocycles. The van der Waals surface area contributed by atoms with Crippen molar-refractivity contribution >= 4 is 23.1 Å². The number of hydrogen-bond donors (Lipinski definition) is 2. The minimum atomic E-state index is -0.201. The molecule has 0 bridgehead atoms. The van der Waals surface area contributed by atoms with Crippen LogP contribution in [0.25, 0.3) is 0 Å². The van der Waals surface area contributed by atoms with Crippen molar-refractivity contribution in [3.8, 4) is 0 Å². The first-order chi connectivity index (χ1) is 9.88. The number of benzene rings is 1. The van der Waals surface area contributed by atoms with E-state index < -0.39 is 0 Å². The van der Waals surface area contributed by atoms with Crippen molar-refractivity contribution in [3.05, 3.63) is 29.3 Å². The van der Waals surface area contributed by atoms with Crippen LogP contribution in [0.3, 0.4) is 0 Å². The van der Waals surface area contributed by atoms with E-state index >= 15 is 0 Å². The SMILES string of the molecule is CC(C)(CCN1CCN(c2ccc(Cl)cc2)CC1)C(=N)N. The second-order valence-electron chi connectivity index (χ2n) is 6.35. The monoisotopic (exact) mass is 308 g/mol. The maximum atomic E-state index is 7.62. The number of piperazine rings is 1. The van der Waals surface area contributed by atoms with Gasteiger partial charge < -0.3 is 10.6 Å². The van der Waals surface area contributed by atoms with Gasteiger partial charge in [-0.2, -0.15) is 0 Å². The lowest BCUT2D eigenvalue weighted by Crippen LogP contribution is -2.47. The summed E-state index contributed by atoms with van der Waals surface area (Å²) in [6, 6.07) is 8.05. The number of amidine groups is 1. The maximum Gasteiger partial charge on any atom is 0.0963 e. The van der Waals surface area contributed by atoms with E-state index in [1.165, 1.54) is 5.69 Å². The molecule has 21 heavy (non-hydrogen) atoms. The average Bonchev–Trinajstić information content (AvgIpc) is 2.46. The molecule has 1 heterocycles. The molecule has 0 atom stereocenters. The molecule has 0 unspecified atom stereocenters. The Morgan fingerprint density at radius 3 is 2.29 bits per heavy atom. The summed E-state index contributed by atoms with van der Waals surface area (Å²) in [6.07, 6.45) is 0.934. The number of nitrogens with one attached hydrogen (secondary N) is 1. The van der Waals surface area contributed by atoms with Gasteiger partial charge in [-0.3, -0.25) is 10.3 Å². The topological polar surface area (TPSA) is 56.4 Å². The zero-order chi connectivity index (χ0) is 15.5. The molecule has 4 nitrogen and oxygen atoms in total. The van der Waals surface area contributed by atoms with E-state index in [0.29, 0.717) is 0 Å². The Labute approximate surface area is 132 Å². The van der Waals surface area contributed by atoms with Gasteiger partial charge in [0.05, 0.1) is 5.84 Å². The second kappa shape index (κ2) is 6.67. The van der Waals surface area contributed by atoms with Crippen molar-refractivity contribution in [2.45, 2.75) is 20.3 Å². The zero-order valence-electron chi connectivity index (χ0n) is 12.9. The van der Waals surface area contributed by atoms with Crippen LogP contribution in [-0.4, -0.2) is 43.5 Å². The zero-order valence-corrected chi connectivity index (χ0v) is 13.7. The average molecular weight is 309 g/mol. The Bertz CT molecular complexity index is 476. The van der Waals surface area contributed by atoms with Crippen LogP contribution in [0.1, 0.15) is 20.3 Å². The molecule has 1 fully saturated rings. The van der Waals surface area contributed by atoms with Gasteiger partial charge in [0.1, 0.15) is 0 Å². The molecule has 1 aromatic carbocycles. The van der Waals surface area contributed by atoms with Gasteiger partial charge in [-0.05, 0) is 37.2 Å². The van der Waals surface area contributed by atoms with E-state index in [1.54, 1.807) is 0 Å². The first-order valence-electron chi connectivity index (χ1n) is 7.46. The molecule has 5 heteroatoms. The molecule has 2 rings (SSSR count). The summed E-state index contributed by atoms with van der Waals surface area (Å²) in [6.45, 7) is 9.25. The van der Waals surface area contributed by atoms with Crippen molar-refractivity contribution in [2.24, 2.45) is 11.1 Å². The first-order valence-corrected chi connectivity index (χ1v) is 7.84. The van der Waals surface area contributed by atoms with Crippen LogP contribution in [0.15, 0.2) is 24.3 Å². The Morgan fingerprint density at radius 1 is 1.19 bits per heavy atom. The Kier molecular flexibility index (Phi) is 5.12. The molecular weight excluding hydrogens is 284 g/mol. The number of halogens is 1. The van der Waals surface area contributed by atoms with Crippen LogP contribution in [0, 0.1) is 10.8 Å². The van der Waals surface area contributed by atoms with Gasteiger partial charge in [0.15, 0.2) is 0 Å². The third-order valence-corrected chi connectivity index (χ3v) is 4.60. The largest absolute Gasteiger partial charge is 0.387 e. The van der Waals surface area contributed by atoms with Crippen LogP contribution in [0.5, 0.6) is 0 Å². The third kappa shape index (κ3) is 4.35. The van der Waals surface area contributed by atoms with E-state index in [-0.39, 0.29) is 11.3 Å². The summed E-state index contributed by atoms with van der Waals surface area (Å²) < 4.78 is 0. The maximum absolute atomic E-state index is 7.62. The van der Waals surface area contributed by atoms with E-state index in [1.807, 2.05) is 26.0 Å². The predicted molar refractivity (Wildman–Crippen MR) is 90.4 cm³/mol. The van der Waals surface area contributed by atoms with Gasteiger partial charge >= 0.3 is 0 Å². The molecule has 1 aromatic rings. The van der Waals surface area contributed by atoms with Crippen molar-refractivity contribution in [2.75, 3.05) is 37.6 Å². The van der Waals surface area contributed by atoms with Crippen LogP contribution in [0.2, 0.25) is 5.02 Å². The smallest absolute Gasteiger partial charge is 0.0963 e. The van der Waals surface area contributed by atoms with Gasteiger partial charge in [-0.1, -0.05) is 25.4 Å². The summed E-state index contributed by atoms with van der Waals surface area (Å²) in [7, 11) is 0. The molecular formula is C16H25ClN4. The van der Waals surface area contributed by atoms with Crippen LogP contribution in [0.4, 0.5) is 5.69 Å². The molecule has 1 aliphatic rings. The lowest BCUT2D eigenvalue weighted by Gasteiger charge is -2.37. The third-order valence-electron chi connectivity index (χ3n) is 4.35. The lowest BCUT2D eigenvalue weighted by atomic mass is 9.88. The van der Waals surface area contributed by atoms with E-state index in [2.05, 4.69) is 21.9 Å². The number of nitrogens with two attached hydrogens (primary N) is 1. The predicted octanol–water partition coefficient (Wildman–Crippen LogP) is 2.81. The highest BCUT2D eigenvalue weighted by Gasteiger charge is 2.24. The van der Waals surface area contributed by atoms with Gasteiger partial charge in [-0.25, -0.2) is 0 Å². The molecule has 3 N–H and O–H groups in total. The molecule has 116 valence electrons. The fourth-order valence-corrected chi connectivity index (χ4v) is 2.58. The van der Waals surface area contributed by atoms with Gasteiger partial charge in [0.25, 0.3) is 0 Å². The number of hydrogen-bond acceptors (Lipinski definition) is 3. The lowest BCUT2D eigenvalue weighted by molar-refractivity contribution is 0.232. The normalized spacial score (nSPS) is 17.0. The fraction of sp³-hybridized carbons (Fsp3) is 0.562. The highest BCUT2D eigenvalue weighted by Crippen LogP contribution is 2.22. The molecule has 0 amide bonds. The fourth-order valence-electron chi connectivity index (χ4n) is 2.45. The molecule has 0 saturated carbocycles. The van der Waals surface area contributed by atoms with Crippen LogP contribution in [-0.2, 0) is 0 Å². The number of nitrogens with zero attached hydrogens (tertiary/aromatic N) is 2. The quantitative estimate of drug-likeness (QED) is 0.649. The molecule has 0 radical (unpaired) electrons. The van der Waals surface area contributed by atoms with Gasteiger partial charge in [0, 0.05) is 42.3 Å². The first kappa shape index (κ1) is 16.1. The van der Waals surface area contributed by atoms with Crippen molar-refractivity contribution < 1.29 is 0 Å². The Balaban J connectivity index is 1.81. The summed E-state index contributed by atoms with van der Waals surface area (Å²) in [4.78, 5) is 4.85. The summed E-state index contributed by atoms with van der Waals surface area (Å²) in [5, 5.41) is 8.40. The van der Waals surface area contributed by atoms with Crippen molar-refractivity contribution in [1.82, 2.24) is 4.90 Å². The molecule has 1 saturated heterocycles. The van der Waals surface area contributed by atoms with Gasteiger partial charge in [-0.15, -0.1) is 0 Å². The van der Waals surface area contributed by atoms with E-state index in [9.17, 15) is 0 Å². The number of rotatable bonds is 5. The highest BCUT2D eigenvalue weighted by molar-refractivity contribution is 6.30. The van der Waals surface area contributed by atoms with Crippen molar-refractivity contribution in [3.63, 3.8) is 0 Å². The Hall–Kier alpha value is -1.26. The highest BCUT2D eigenvalue weighted by atomic mass is 35.5. The summed E-state index contributed by atoms with van der Waals surface area (Å²) in [5.74, 6) is 0.280. The second-order valence-corrected chi connectivity index (χ2v) is 6.79. The van der Waals surface area contributed by atoms with Crippen molar-refractivity contribution in [1.29, 1.82) is 5.41 Å². The minimum absolute atomic E-state index is 0.201. The Morgan fingerprint density at radius 2 is 1.76 bits per heavy atom. The van der Waals surface area contributed by atoms with E-state index in [0.717, 1.165) is 44.2 Å².